The van der Waals surface area contributed by atoms with Crippen LogP contribution in [0, 0.1) is 58.9 Å². The number of benzene rings is 8. The van der Waals surface area contributed by atoms with Crippen molar-refractivity contribution in [2.24, 2.45) is 5.41 Å². The molecule has 3 aromatic heterocycles. The van der Waals surface area contributed by atoms with Crippen molar-refractivity contribution in [1.29, 1.82) is 0 Å². The molecular formula is C68H58N2O2Pt. The van der Waals surface area contributed by atoms with E-state index in [0.717, 1.165) is 103 Å². The maximum atomic E-state index is 9.44. The van der Waals surface area contributed by atoms with Gasteiger partial charge in [-0.05, 0) is 155 Å². The number of aromatic nitrogens is 2. The number of ether oxygens (including phenoxy) is 1. The quantitative estimate of drug-likeness (QED) is 0.112. The molecule has 0 amide bonds. The third-order valence-electron chi connectivity index (χ3n) is 14.9. The van der Waals surface area contributed by atoms with Crippen LogP contribution in [0.1, 0.15) is 98.1 Å². The van der Waals surface area contributed by atoms with Gasteiger partial charge in [0.25, 0.3) is 0 Å². The van der Waals surface area contributed by atoms with Crippen molar-refractivity contribution in [3.63, 3.8) is 0 Å². The molecule has 0 aliphatic heterocycles. The Hall–Kier alpha value is -7.13. The number of hydrogen-bond acceptors (Lipinski definition) is 4. The van der Waals surface area contributed by atoms with Crippen molar-refractivity contribution < 1.29 is 43.9 Å². The summed E-state index contributed by atoms with van der Waals surface area (Å²) < 4.78 is 99.8. The second-order valence-corrected chi connectivity index (χ2v) is 20.3. The van der Waals surface area contributed by atoms with Gasteiger partial charge in [0.05, 0.1) is 5.58 Å². The van der Waals surface area contributed by atoms with Crippen LogP contribution in [0.4, 0.5) is 0 Å². The van der Waals surface area contributed by atoms with Gasteiger partial charge < -0.3 is 19.1 Å². The molecule has 12 rings (SSSR count). The fourth-order valence-electron chi connectivity index (χ4n) is 10.7. The zero-order valence-electron chi connectivity index (χ0n) is 51.3. The van der Waals surface area contributed by atoms with Crippen LogP contribution in [0.3, 0.4) is 0 Å². The van der Waals surface area contributed by atoms with E-state index < -0.39 is 37.6 Å². The normalized spacial score (nSPS) is 16.7. The summed E-state index contributed by atoms with van der Waals surface area (Å²) in [4.78, 5) is 9.50. The Balaban J connectivity index is 0.00000721. The zero-order chi connectivity index (χ0) is 57.8. The Bertz CT molecular complexity index is 4360. The first-order chi connectivity index (χ1) is 38.8. The molecule has 1 aliphatic carbocycles. The van der Waals surface area contributed by atoms with E-state index in [1.54, 1.807) is 36.4 Å². The Morgan fingerprint density at radius 3 is 2.12 bits per heavy atom. The Morgan fingerprint density at radius 2 is 1.33 bits per heavy atom. The van der Waals surface area contributed by atoms with E-state index in [2.05, 4.69) is 112 Å². The van der Waals surface area contributed by atoms with Gasteiger partial charge in [-0.3, -0.25) is 0 Å². The van der Waals surface area contributed by atoms with E-state index in [0.29, 0.717) is 33.4 Å². The average Bonchev–Trinajstić information content (AvgIpc) is 2.71. The van der Waals surface area contributed by atoms with Crippen LogP contribution >= 0.6 is 0 Å². The predicted molar refractivity (Wildman–Crippen MR) is 299 cm³/mol. The summed E-state index contributed by atoms with van der Waals surface area (Å²) in [6.07, 6.45) is 6.63. The molecule has 0 atom stereocenters. The van der Waals surface area contributed by atoms with E-state index in [1.807, 2.05) is 43.5 Å². The number of pyridine rings is 2. The summed E-state index contributed by atoms with van der Waals surface area (Å²) in [5.74, 6) is -0.671. The maximum absolute atomic E-state index is 9.44. The van der Waals surface area contributed by atoms with Gasteiger partial charge in [-0.2, -0.15) is 0 Å². The van der Waals surface area contributed by atoms with Crippen molar-refractivity contribution in [2.75, 3.05) is 0 Å². The fraction of sp³-hybridized carbons (Fsp3) is 0.206. The first kappa shape index (κ1) is 37.6. The molecule has 0 radical (unpaired) electrons. The van der Waals surface area contributed by atoms with Gasteiger partial charge in [0.2, 0.25) is 0 Å². The molecule has 0 N–H and O–H groups in total. The molecule has 0 unspecified atom stereocenters. The van der Waals surface area contributed by atoms with Crippen LogP contribution in [-0.2, 0) is 21.1 Å². The van der Waals surface area contributed by atoms with E-state index in [9.17, 15) is 1.37 Å². The SMILES string of the molecule is [2H]C([2H])([2H])c1cnc(-c2[c-]c(Oc3[c-]c(-c4cc(-c5ccc(-c6ccc(C7([2H])CCC(C)(C)CC7)cc6C)cc5C)c(C)cn4)c4oc5c(ccc6ccc7ccccc7c65)c4c3)c(C([2H])([2H])[2H])c(-c3ccccc3)c2)cc1C([2H])([2H])[2H].[Pt+2]. The number of aryl methyl sites for hydroxylation is 5. The Labute approximate surface area is 457 Å². The Morgan fingerprint density at radius 1 is 0.589 bits per heavy atom. The molecule has 1 saturated carbocycles. The number of rotatable bonds is 8. The standard InChI is InChI=1S/C68H58N2O2.Pt/c1-40-32-62(69-38-43(40)4)52-33-59(47-14-10-9-11-15-47)45(6)64(34-52)71-53-35-60-57-25-20-49-19-18-48-16-12-13-17-56(48)65(49)67(57)72-66(60)61(36-53)63-37-58(44(5)39-70-63)55-24-22-51(31-42(55)3)54-23-21-50(30-41(54)2)46-26-28-68(7,8)29-27-46;/h9-25,30-33,35,37-39,46H,26-29H2,1-8H3;/q-2;+2/i1D3,4D3,6D3,46D;. The molecule has 4 nitrogen and oxygen atoms in total. The minimum atomic E-state index is -2.83. The fourth-order valence-corrected chi connectivity index (χ4v) is 10.7. The molecule has 11 aromatic rings. The smallest absolute Gasteiger partial charge is 0.500 e. The average molecular weight is 1140 g/mol. The summed E-state index contributed by atoms with van der Waals surface area (Å²) in [6.45, 7) is 2.48. The van der Waals surface area contributed by atoms with Crippen LogP contribution in [-0.4, -0.2) is 9.97 Å². The molecule has 73 heavy (non-hydrogen) atoms. The minimum Gasteiger partial charge on any atom is -0.500 e. The predicted octanol–water partition coefficient (Wildman–Crippen LogP) is 18.9. The number of nitrogens with zero attached hydrogens (tertiary/aromatic N) is 2. The molecule has 0 spiro atoms. The van der Waals surface area contributed by atoms with Crippen LogP contribution in [0.2, 0.25) is 0 Å². The van der Waals surface area contributed by atoms with Crippen LogP contribution in [0.25, 0.3) is 99.4 Å². The monoisotopic (exact) mass is 1140 g/mol. The van der Waals surface area contributed by atoms with Crippen molar-refractivity contribution in [3.8, 4) is 67.4 Å². The van der Waals surface area contributed by atoms with Gasteiger partial charge in [-0.15, -0.1) is 11.6 Å². The number of furan rings is 1. The molecule has 3 heterocycles. The first-order valence-electron chi connectivity index (χ1n) is 29.6. The largest absolute Gasteiger partial charge is 2.00 e. The summed E-state index contributed by atoms with van der Waals surface area (Å²) >= 11 is 0. The second kappa shape index (κ2) is 19.0. The van der Waals surface area contributed by atoms with Gasteiger partial charge in [0.1, 0.15) is 5.58 Å². The number of hydrogen-bond donors (Lipinski definition) is 0. The van der Waals surface area contributed by atoms with E-state index in [4.69, 9.17) is 26.5 Å². The molecule has 1 fully saturated rings. The molecule has 0 saturated heterocycles. The molecule has 5 heteroatoms. The molecule has 8 aromatic carbocycles. The van der Waals surface area contributed by atoms with Gasteiger partial charge >= 0.3 is 21.1 Å². The second-order valence-electron chi connectivity index (χ2n) is 20.3. The van der Waals surface area contributed by atoms with Gasteiger partial charge in [0.15, 0.2) is 0 Å². The molecule has 1 aliphatic rings. The van der Waals surface area contributed by atoms with Crippen molar-refractivity contribution in [1.82, 2.24) is 9.97 Å². The van der Waals surface area contributed by atoms with Crippen LogP contribution in [0.5, 0.6) is 11.5 Å². The van der Waals surface area contributed by atoms with E-state index in [1.165, 1.54) is 6.07 Å². The minimum absolute atomic E-state index is 0. The van der Waals surface area contributed by atoms with Gasteiger partial charge in [0, 0.05) is 48.4 Å². The van der Waals surface area contributed by atoms with Crippen molar-refractivity contribution in [2.45, 2.75) is 86.8 Å². The molecular weight excluding hydrogens is 1070 g/mol. The topological polar surface area (TPSA) is 48.2 Å². The maximum Gasteiger partial charge on any atom is 2.00 e. The van der Waals surface area contributed by atoms with Gasteiger partial charge in [-0.1, -0.05) is 194 Å². The first-order valence-corrected chi connectivity index (χ1v) is 24.6. The zero-order valence-corrected chi connectivity index (χ0v) is 43.6. The molecule has 0 bridgehead atoms. The van der Waals surface area contributed by atoms with E-state index in [-0.39, 0.29) is 60.4 Å². The third-order valence-corrected chi connectivity index (χ3v) is 14.9. The molecule has 362 valence electrons. The van der Waals surface area contributed by atoms with Crippen LogP contribution in [0.15, 0.2) is 156 Å². The summed E-state index contributed by atoms with van der Waals surface area (Å²) in [6, 6.07) is 51.5. The van der Waals surface area contributed by atoms with Crippen molar-refractivity contribution >= 4 is 43.5 Å². The summed E-state index contributed by atoms with van der Waals surface area (Å²) in [5.41, 5.74) is 10.7. The third kappa shape index (κ3) is 8.89. The van der Waals surface area contributed by atoms with Gasteiger partial charge in [-0.25, -0.2) is 0 Å². The Kier molecular flexibility index (Phi) is 9.81. The van der Waals surface area contributed by atoms with Crippen LogP contribution < -0.4 is 4.74 Å². The van der Waals surface area contributed by atoms with Crippen molar-refractivity contribution in [3.05, 3.63) is 203 Å². The summed E-state index contributed by atoms with van der Waals surface area (Å²) in [5, 5.41) is 5.37. The summed E-state index contributed by atoms with van der Waals surface area (Å²) in [7, 11) is 0. The number of fused-ring (bicyclic) bond motifs is 7. The van der Waals surface area contributed by atoms with E-state index >= 15 is 0 Å².